The zero-order valence-corrected chi connectivity index (χ0v) is 12.5. The molecule has 21 heavy (non-hydrogen) atoms. The highest BCUT2D eigenvalue weighted by molar-refractivity contribution is 5.87. The monoisotopic (exact) mass is 292 g/mol. The van der Waals surface area contributed by atoms with E-state index in [0.717, 1.165) is 6.42 Å². The maximum atomic E-state index is 12.4. The quantitative estimate of drug-likeness (QED) is 0.785. The number of esters is 1. The first-order chi connectivity index (χ1) is 9.88. The Hall–Kier alpha value is -2.11. The second-order valence-corrected chi connectivity index (χ2v) is 5.55. The van der Waals surface area contributed by atoms with Crippen LogP contribution in [0.4, 0.5) is 0 Å². The number of rotatable bonds is 4. The fourth-order valence-electron chi connectivity index (χ4n) is 2.38. The van der Waals surface area contributed by atoms with Gasteiger partial charge < -0.3 is 14.4 Å². The molecule has 1 aromatic rings. The van der Waals surface area contributed by atoms with Gasteiger partial charge in [0.15, 0.2) is 5.60 Å². The molecule has 2 rings (SSSR count). The SMILES string of the molecule is CC(=O)OC(C)(C)C(=O)N1CCC(Oc2ccccn2)C1. The minimum Gasteiger partial charge on any atom is -0.472 e. The van der Waals surface area contributed by atoms with Crippen molar-refractivity contribution in [2.75, 3.05) is 13.1 Å². The Labute approximate surface area is 124 Å². The molecular formula is C15H20N2O4. The molecule has 1 unspecified atom stereocenters. The van der Waals surface area contributed by atoms with Crippen molar-refractivity contribution >= 4 is 11.9 Å². The van der Waals surface area contributed by atoms with E-state index in [1.165, 1.54) is 6.92 Å². The summed E-state index contributed by atoms with van der Waals surface area (Å²) in [5.74, 6) is -0.116. The molecule has 6 nitrogen and oxygen atoms in total. The summed E-state index contributed by atoms with van der Waals surface area (Å²) in [5.41, 5.74) is -1.15. The third-order valence-electron chi connectivity index (χ3n) is 3.27. The van der Waals surface area contributed by atoms with E-state index in [1.807, 2.05) is 12.1 Å². The minimum atomic E-state index is -1.15. The molecule has 114 valence electrons. The Morgan fingerprint density at radius 1 is 1.38 bits per heavy atom. The van der Waals surface area contributed by atoms with Crippen LogP contribution in [0.5, 0.6) is 5.88 Å². The minimum absolute atomic E-state index is 0.0861. The zero-order chi connectivity index (χ0) is 15.5. The number of pyridine rings is 1. The average molecular weight is 292 g/mol. The van der Waals surface area contributed by atoms with Gasteiger partial charge in [0.25, 0.3) is 5.91 Å². The Kier molecular flexibility index (Phi) is 4.45. The van der Waals surface area contributed by atoms with Gasteiger partial charge in [-0.3, -0.25) is 9.59 Å². The fraction of sp³-hybridized carbons (Fsp3) is 0.533. The van der Waals surface area contributed by atoms with Gasteiger partial charge in [0.05, 0.1) is 6.54 Å². The number of carbonyl (C=O) groups excluding carboxylic acids is 2. The smallest absolute Gasteiger partial charge is 0.303 e. The van der Waals surface area contributed by atoms with Gasteiger partial charge in [0.1, 0.15) is 6.10 Å². The van der Waals surface area contributed by atoms with Crippen LogP contribution < -0.4 is 4.74 Å². The van der Waals surface area contributed by atoms with Crippen LogP contribution in [0.2, 0.25) is 0 Å². The summed E-state index contributed by atoms with van der Waals surface area (Å²) in [7, 11) is 0. The molecule has 0 spiro atoms. The summed E-state index contributed by atoms with van der Waals surface area (Å²) in [6.07, 6.45) is 2.31. The predicted octanol–water partition coefficient (Wildman–Crippen LogP) is 1.40. The summed E-state index contributed by atoms with van der Waals surface area (Å²) < 4.78 is 10.8. The lowest BCUT2D eigenvalue weighted by atomic mass is 10.1. The number of nitrogens with zero attached hydrogens (tertiary/aromatic N) is 2. The lowest BCUT2D eigenvalue weighted by Gasteiger charge is -2.28. The Morgan fingerprint density at radius 3 is 2.76 bits per heavy atom. The van der Waals surface area contributed by atoms with E-state index in [9.17, 15) is 9.59 Å². The number of carbonyl (C=O) groups is 2. The van der Waals surface area contributed by atoms with E-state index < -0.39 is 11.6 Å². The van der Waals surface area contributed by atoms with E-state index in [1.54, 1.807) is 31.0 Å². The van der Waals surface area contributed by atoms with Gasteiger partial charge in [-0.15, -0.1) is 0 Å². The van der Waals surface area contributed by atoms with Crippen molar-refractivity contribution < 1.29 is 19.1 Å². The largest absolute Gasteiger partial charge is 0.472 e. The molecule has 0 aliphatic carbocycles. The third kappa shape index (κ3) is 3.93. The maximum absolute atomic E-state index is 12.4. The van der Waals surface area contributed by atoms with Gasteiger partial charge in [-0.05, 0) is 19.9 Å². The van der Waals surface area contributed by atoms with E-state index in [4.69, 9.17) is 9.47 Å². The summed E-state index contributed by atoms with van der Waals surface area (Å²) in [5, 5.41) is 0. The summed E-state index contributed by atoms with van der Waals surface area (Å²) in [6, 6.07) is 5.45. The van der Waals surface area contributed by atoms with Gasteiger partial charge in [-0.25, -0.2) is 4.98 Å². The van der Waals surface area contributed by atoms with Crippen molar-refractivity contribution in [2.24, 2.45) is 0 Å². The van der Waals surface area contributed by atoms with E-state index in [2.05, 4.69) is 4.98 Å². The van der Waals surface area contributed by atoms with Crippen molar-refractivity contribution in [3.05, 3.63) is 24.4 Å². The van der Waals surface area contributed by atoms with Crippen molar-refractivity contribution in [1.29, 1.82) is 0 Å². The maximum Gasteiger partial charge on any atom is 0.303 e. The molecular weight excluding hydrogens is 272 g/mol. The van der Waals surface area contributed by atoms with Crippen LogP contribution in [0.15, 0.2) is 24.4 Å². The number of amides is 1. The average Bonchev–Trinajstić information content (AvgIpc) is 2.86. The molecule has 1 aliphatic rings. The molecule has 2 heterocycles. The number of hydrogen-bond donors (Lipinski definition) is 0. The second kappa shape index (κ2) is 6.11. The van der Waals surface area contributed by atoms with E-state index >= 15 is 0 Å². The lowest BCUT2D eigenvalue weighted by Crippen LogP contribution is -2.47. The number of hydrogen-bond acceptors (Lipinski definition) is 5. The van der Waals surface area contributed by atoms with Crippen LogP contribution in [0.25, 0.3) is 0 Å². The first-order valence-corrected chi connectivity index (χ1v) is 6.95. The molecule has 1 aliphatic heterocycles. The molecule has 1 aromatic heterocycles. The highest BCUT2D eigenvalue weighted by Crippen LogP contribution is 2.21. The van der Waals surface area contributed by atoms with Gasteiger partial charge in [-0.2, -0.15) is 0 Å². The molecule has 0 aromatic carbocycles. The van der Waals surface area contributed by atoms with Gasteiger partial charge >= 0.3 is 5.97 Å². The van der Waals surface area contributed by atoms with Crippen molar-refractivity contribution in [3.63, 3.8) is 0 Å². The second-order valence-electron chi connectivity index (χ2n) is 5.55. The zero-order valence-electron chi connectivity index (χ0n) is 12.5. The molecule has 0 bridgehead atoms. The van der Waals surface area contributed by atoms with Gasteiger partial charge in [0.2, 0.25) is 5.88 Å². The number of aromatic nitrogens is 1. The van der Waals surface area contributed by atoms with Crippen LogP contribution in [-0.4, -0.2) is 46.6 Å². The van der Waals surface area contributed by atoms with Crippen LogP contribution >= 0.6 is 0 Å². The Balaban J connectivity index is 1.93. The Bertz CT molecular complexity index is 516. The molecule has 1 saturated heterocycles. The molecule has 0 radical (unpaired) electrons. The molecule has 1 fully saturated rings. The van der Waals surface area contributed by atoms with Crippen molar-refractivity contribution in [1.82, 2.24) is 9.88 Å². The molecule has 6 heteroatoms. The first kappa shape index (κ1) is 15.3. The summed E-state index contributed by atoms with van der Waals surface area (Å²) >= 11 is 0. The van der Waals surface area contributed by atoms with Crippen LogP contribution in [-0.2, 0) is 14.3 Å². The van der Waals surface area contributed by atoms with Crippen molar-refractivity contribution in [2.45, 2.75) is 38.9 Å². The standard InChI is InChI=1S/C15H20N2O4/c1-11(18)21-15(2,3)14(19)17-9-7-12(10-17)20-13-6-4-5-8-16-13/h4-6,8,12H,7,9-10H2,1-3H3. The topological polar surface area (TPSA) is 68.7 Å². The third-order valence-corrected chi connectivity index (χ3v) is 3.27. The van der Waals surface area contributed by atoms with Crippen LogP contribution in [0.1, 0.15) is 27.2 Å². The number of ether oxygens (including phenoxy) is 2. The summed E-state index contributed by atoms with van der Waals surface area (Å²) in [4.78, 5) is 29.2. The van der Waals surface area contributed by atoms with E-state index in [-0.39, 0.29) is 12.0 Å². The van der Waals surface area contributed by atoms with Crippen molar-refractivity contribution in [3.8, 4) is 5.88 Å². The summed E-state index contributed by atoms with van der Waals surface area (Å²) in [6.45, 7) is 5.56. The van der Waals surface area contributed by atoms with Gasteiger partial charge in [0, 0.05) is 32.2 Å². The van der Waals surface area contributed by atoms with Crippen LogP contribution in [0, 0.1) is 0 Å². The normalized spacial score (nSPS) is 18.4. The Morgan fingerprint density at radius 2 is 2.14 bits per heavy atom. The highest BCUT2D eigenvalue weighted by atomic mass is 16.6. The van der Waals surface area contributed by atoms with Gasteiger partial charge in [-0.1, -0.05) is 6.07 Å². The highest BCUT2D eigenvalue weighted by Gasteiger charge is 2.38. The first-order valence-electron chi connectivity index (χ1n) is 6.95. The fourth-order valence-corrected chi connectivity index (χ4v) is 2.38. The molecule has 0 N–H and O–H groups in total. The molecule has 1 amide bonds. The van der Waals surface area contributed by atoms with Crippen LogP contribution in [0.3, 0.4) is 0 Å². The number of likely N-dealkylation sites (tertiary alicyclic amines) is 1. The predicted molar refractivity (Wildman–Crippen MR) is 75.7 cm³/mol. The molecule has 0 saturated carbocycles. The van der Waals surface area contributed by atoms with E-state index in [0.29, 0.717) is 19.0 Å². The lowest BCUT2D eigenvalue weighted by molar-refractivity contribution is -0.168. The molecule has 1 atom stereocenters.